The second-order valence-electron chi connectivity index (χ2n) is 4.08. The molecule has 106 valence electrons. The van der Waals surface area contributed by atoms with Crippen LogP contribution in [0.2, 0.25) is 10.0 Å². The molecular weight excluding hydrogens is 311 g/mol. The van der Waals surface area contributed by atoms with E-state index in [-0.39, 0.29) is 24.4 Å². The number of hydrogen-bond donors (Lipinski definition) is 2. The fraction of sp³-hybridized carbons (Fsp3) is 0.417. The maximum atomic E-state index is 11.8. The molecule has 1 aliphatic rings. The van der Waals surface area contributed by atoms with Crippen molar-refractivity contribution in [3.8, 4) is 0 Å². The van der Waals surface area contributed by atoms with E-state index in [1.807, 2.05) is 0 Å². The normalized spacial score (nSPS) is 18.5. The molecule has 0 bridgehead atoms. The minimum atomic E-state index is -0.0953. The van der Waals surface area contributed by atoms with Crippen LogP contribution in [0.1, 0.15) is 6.42 Å². The van der Waals surface area contributed by atoms with E-state index in [1.54, 1.807) is 18.2 Å². The molecule has 4 nitrogen and oxygen atoms in total. The van der Waals surface area contributed by atoms with E-state index in [4.69, 9.17) is 27.9 Å². The summed E-state index contributed by atoms with van der Waals surface area (Å²) in [4.78, 5) is 11.8. The quantitative estimate of drug-likeness (QED) is 0.898. The highest BCUT2D eigenvalue weighted by atomic mass is 35.5. The molecule has 0 aliphatic carbocycles. The Balaban J connectivity index is 0.00000180. The molecule has 7 heteroatoms. The van der Waals surface area contributed by atoms with Gasteiger partial charge in [0.2, 0.25) is 5.91 Å². The summed E-state index contributed by atoms with van der Waals surface area (Å²) < 4.78 is 5.46. The van der Waals surface area contributed by atoms with Gasteiger partial charge < -0.3 is 15.4 Å². The maximum absolute atomic E-state index is 11.8. The van der Waals surface area contributed by atoms with Gasteiger partial charge in [0.05, 0.1) is 29.2 Å². The summed E-state index contributed by atoms with van der Waals surface area (Å²) in [5.74, 6) is -0.0953. The number of rotatable bonds is 3. The summed E-state index contributed by atoms with van der Waals surface area (Å²) >= 11 is 11.7. The van der Waals surface area contributed by atoms with Crippen molar-refractivity contribution in [3.05, 3.63) is 28.2 Å². The first kappa shape index (κ1) is 16.5. The highest BCUT2D eigenvalue weighted by Gasteiger charge is 2.17. The summed E-state index contributed by atoms with van der Waals surface area (Å²) in [6, 6.07) is 4.99. The Morgan fingerprint density at radius 1 is 1.42 bits per heavy atom. The van der Waals surface area contributed by atoms with E-state index < -0.39 is 0 Å². The number of halogens is 3. The van der Waals surface area contributed by atoms with Crippen LogP contribution in [0, 0.1) is 0 Å². The van der Waals surface area contributed by atoms with Gasteiger partial charge in [0.25, 0.3) is 0 Å². The van der Waals surface area contributed by atoms with Crippen LogP contribution in [0.25, 0.3) is 0 Å². The van der Waals surface area contributed by atoms with Gasteiger partial charge in [-0.1, -0.05) is 23.2 Å². The molecule has 1 saturated heterocycles. The average Bonchev–Trinajstić information content (AvgIpc) is 2.35. The van der Waals surface area contributed by atoms with Crippen molar-refractivity contribution in [1.82, 2.24) is 5.32 Å². The van der Waals surface area contributed by atoms with Crippen molar-refractivity contribution in [2.75, 3.05) is 25.0 Å². The summed E-state index contributed by atoms with van der Waals surface area (Å²) in [5, 5.41) is 6.83. The van der Waals surface area contributed by atoms with E-state index in [1.165, 1.54) is 0 Å². The van der Waals surface area contributed by atoms with E-state index in [2.05, 4.69) is 10.6 Å². The molecule has 0 saturated carbocycles. The van der Waals surface area contributed by atoms with Gasteiger partial charge in [0, 0.05) is 18.8 Å². The Morgan fingerprint density at radius 3 is 2.84 bits per heavy atom. The van der Waals surface area contributed by atoms with Crippen molar-refractivity contribution in [1.29, 1.82) is 0 Å². The molecule has 19 heavy (non-hydrogen) atoms. The fourth-order valence-electron chi connectivity index (χ4n) is 1.74. The number of carbonyl (C=O) groups excluding carboxylic acids is 1. The van der Waals surface area contributed by atoms with Crippen LogP contribution in [-0.2, 0) is 9.53 Å². The lowest BCUT2D eigenvalue weighted by Gasteiger charge is -2.23. The Hall–Kier alpha value is -0.520. The van der Waals surface area contributed by atoms with Gasteiger partial charge in [-0.05, 0) is 18.2 Å². The molecule has 1 amide bonds. The number of benzene rings is 1. The summed E-state index contributed by atoms with van der Waals surface area (Å²) in [5.41, 5.74) is 0.637. The first-order valence-corrected chi connectivity index (χ1v) is 6.48. The fourth-order valence-corrected chi connectivity index (χ4v) is 2.04. The lowest BCUT2D eigenvalue weighted by Crippen LogP contribution is -2.40. The molecule has 1 heterocycles. The third kappa shape index (κ3) is 5.16. The number of amides is 1. The highest BCUT2D eigenvalue weighted by Crippen LogP contribution is 2.25. The van der Waals surface area contributed by atoms with Gasteiger partial charge in [-0.2, -0.15) is 0 Å². The molecule has 2 rings (SSSR count). The number of anilines is 1. The van der Waals surface area contributed by atoms with Crippen LogP contribution in [0.5, 0.6) is 0 Å². The van der Waals surface area contributed by atoms with E-state index in [9.17, 15) is 4.79 Å². The smallest absolute Gasteiger partial charge is 0.227 e. The van der Waals surface area contributed by atoms with Crippen LogP contribution in [0.4, 0.5) is 5.69 Å². The van der Waals surface area contributed by atoms with E-state index in [0.717, 1.165) is 6.54 Å². The van der Waals surface area contributed by atoms with Crippen LogP contribution in [0.3, 0.4) is 0 Å². The third-order valence-electron chi connectivity index (χ3n) is 2.62. The standard InChI is InChI=1S/C12H14Cl2N2O2.ClH/c13-10-2-1-8(5-11(10)14)16-12(17)6-9-7-15-3-4-18-9;/h1-2,5,9,15H,3-4,6-7H2,(H,16,17);1H. The monoisotopic (exact) mass is 324 g/mol. The molecule has 1 fully saturated rings. The molecule has 0 radical (unpaired) electrons. The second kappa shape index (κ2) is 7.92. The molecule has 1 aromatic rings. The van der Waals surface area contributed by atoms with Crippen molar-refractivity contribution in [2.24, 2.45) is 0 Å². The van der Waals surface area contributed by atoms with Crippen molar-refractivity contribution < 1.29 is 9.53 Å². The summed E-state index contributed by atoms with van der Waals surface area (Å²) in [6.45, 7) is 2.18. The van der Waals surface area contributed by atoms with Crippen LogP contribution in [0.15, 0.2) is 18.2 Å². The Morgan fingerprint density at radius 2 is 2.21 bits per heavy atom. The third-order valence-corrected chi connectivity index (χ3v) is 3.36. The van der Waals surface area contributed by atoms with Crippen molar-refractivity contribution >= 4 is 47.2 Å². The van der Waals surface area contributed by atoms with E-state index >= 15 is 0 Å². The SMILES string of the molecule is Cl.O=C(CC1CNCCO1)Nc1ccc(Cl)c(Cl)c1. The molecule has 1 aromatic carbocycles. The maximum Gasteiger partial charge on any atom is 0.227 e. The number of ether oxygens (including phenoxy) is 1. The topological polar surface area (TPSA) is 50.4 Å². The van der Waals surface area contributed by atoms with Gasteiger partial charge in [-0.25, -0.2) is 0 Å². The largest absolute Gasteiger partial charge is 0.375 e. The Bertz CT molecular complexity index is 437. The zero-order valence-corrected chi connectivity index (χ0v) is 12.4. The summed E-state index contributed by atoms with van der Waals surface area (Å²) in [7, 11) is 0. The first-order chi connectivity index (χ1) is 8.65. The Kier molecular flexibility index (Phi) is 6.89. The minimum Gasteiger partial charge on any atom is -0.375 e. The van der Waals surface area contributed by atoms with Crippen molar-refractivity contribution in [3.63, 3.8) is 0 Å². The van der Waals surface area contributed by atoms with Gasteiger partial charge in [-0.15, -0.1) is 12.4 Å². The molecule has 1 atom stereocenters. The highest BCUT2D eigenvalue weighted by molar-refractivity contribution is 6.42. The van der Waals surface area contributed by atoms with Gasteiger partial charge >= 0.3 is 0 Å². The number of nitrogens with one attached hydrogen (secondary N) is 2. The Labute approximate surface area is 128 Å². The second-order valence-corrected chi connectivity index (χ2v) is 4.89. The predicted octanol–water partition coefficient (Wildman–Crippen LogP) is 2.73. The zero-order chi connectivity index (χ0) is 13.0. The van der Waals surface area contributed by atoms with Gasteiger partial charge in [0.1, 0.15) is 0 Å². The number of morpholine rings is 1. The average molecular weight is 326 g/mol. The van der Waals surface area contributed by atoms with Crippen LogP contribution in [-0.4, -0.2) is 31.7 Å². The molecule has 0 aromatic heterocycles. The van der Waals surface area contributed by atoms with Gasteiger partial charge in [0.15, 0.2) is 0 Å². The molecule has 2 N–H and O–H groups in total. The molecular formula is C12H15Cl3N2O2. The molecule has 0 spiro atoms. The summed E-state index contributed by atoms with van der Waals surface area (Å²) in [6.07, 6.45) is 0.259. The number of carbonyl (C=O) groups is 1. The van der Waals surface area contributed by atoms with Gasteiger partial charge in [-0.3, -0.25) is 4.79 Å². The predicted molar refractivity (Wildman–Crippen MR) is 79.6 cm³/mol. The van der Waals surface area contributed by atoms with Crippen molar-refractivity contribution in [2.45, 2.75) is 12.5 Å². The first-order valence-electron chi connectivity index (χ1n) is 5.72. The molecule has 1 unspecified atom stereocenters. The lowest BCUT2D eigenvalue weighted by molar-refractivity contribution is -0.119. The lowest BCUT2D eigenvalue weighted by atomic mass is 10.2. The minimum absolute atomic E-state index is 0. The number of hydrogen-bond acceptors (Lipinski definition) is 3. The molecule has 1 aliphatic heterocycles. The van der Waals surface area contributed by atoms with E-state index in [0.29, 0.717) is 35.3 Å². The van der Waals surface area contributed by atoms with Crippen LogP contribution >= 0.6 is 35.6 Å². The van der Waals surface area contributed by atoms with Crippen LogP contribution < -0.4 is 10.6 Å². The zero-order valence-electron chi connectivity index (χ0n) is 10.1.